The van der Waals surface area contributed by atoms with E-state index in [2.05, 4.69) is 16.6 Å². The molecule has 0 radical (unpaired) electrons. The zero-order chi connectivity index (χ0) is 30.0. The number of carbonyl (C=O) groups is 5. The van der Waals surface area contributed by atoms with Crippen LogP contribution in [0.2, 0.25) is 0 Å². The van der Waals surface area contributed by atoms with Crippen LogP contribution in [0, 0.1) is 18.3 Å². The fourth-order valence-corrected chi connectivity index (χ4v) is 4.16. The Kier molecular flexibility index (Phi) is 11.5. The van der Waals surface area contributed by atoms with Crippen molar-refractivity contribution < 1.29 is 33.4 Å². The predicted octanol–water partition coefficient (Wildman–Crippen LogP) is 2.17. The van der Waals surface area contributed by atoms with Crippen molar-refractivity contribution in [1.82, 2.24) is 15.5 Å². The molecule has 4 unspecified atom stereocenters. The number of nitrogens with zero attached hydrogens (tertiary/aromatic N) is 1. The number of nitrogens with one attached hydrogen (secondary N) is 2. The number of hydrogen-bond acceptors (Lipinski definition) is 7. The van der Waals surface area contributed by atoms with E-state index in [1.165, 1.54) is 4.90 Å². The van der Waals surface area contributed by atoms with Gasteiger partial charge in [-0.1, -0.05) is 25.0 Å². The molecule has 0 spiro atoms. The van der Waals surface area contributed by atoms with Crippen molar-refractivity contribution >= 4 is 29.8 Å². The summed E-state index contributed by atoms with van der Waals surface area (Å²) in [5, 5.41) is 5.30. The van der Waals surface area contributed by atoms with Crippen LogP contribution in [0.5, 0.6) is 0 Å². The second-order valence-corrected chi connectivity index (χ2v) is 10.7. The number of terminal acetylenes is 1. The smallest absolute Gasteiger partial charge is 0.408 e. The molecule has 4 amide bonds. The number of alkyl carbamates (subject to hydrolysis) is 1. The first-order valence-electron chi connectivity index (χ1n) is 13.4. The Hall–Kier alpha value is -4.07. The molecular weight excluding hydrogens is 516 g/mol. The second kappa shape index (κ2) is 14.4. The van der Waals surface area contributed by atoms with Gasteiger partial charge in [0.1, 0.15) is 17.7 Å². The fraction of sp³-hybridized carbons (Fsp3) is 0.552. The van der Waals surface area contributed by atoms with E-state index >= 15 is 0 Å². The van der Waals surface area contributed by atoms with Gasteiger partial charge < -0.3 is 30.7 Å². The Bertz CT molecular complexity index is 1120. The lowest BCUT2D eigenvalue weighted by molar-refractivity contribution is -0.145. The maximum Gasteiger partial charge on any atom is 0.408 e. The predicted molar refractivity (Wildman–Crippen MR) is 147 cm³/mol. The number of hydrogen-bond donors (Lipinski definition) is 3. The molecule has 0 bridgehead atoms. The highest BCUT2D eigenvalue weighted by Gasteiger charge is 2.48. The number of primary amides is 1. The van der Waals surface area contributed by atoms with E-state index < -0.39 is 47.5 Å². The Labute approximate surface area is 235 Å². The fourth-order valence-electron chi connectivity index (χ4n) is 4.16. The first-order chi connectivity index (χ1) is 18.8. The quantitative estimate of drug-likeness (QED) is 0.248. The van der Waals surface area contributed by atoms with E-state index in [9.17, 15) is 24.0 Å². The van der Waals surface area contributed by atoms with Crippen molar-refractivity contribution in [2.45, 2.75) is 84.0 Å². The van der Waals surface area contributed by atoms with Gasteiger partial charge in [0.2, 0.25) is 17.7 Å². The minimum absolute atomic E-state index is 0.000118. The number of esters is 1. The summed E-state index contributed by atoms with van der Waals surface area (Å²) in [5.74, 6) is 0.420. The third kappa shape index (κ3) is 9.91. The first kappa shape index (κ1) is 32.1. The lowest BCUT2D eigenvalue weighted by Gasteiger charge is -2.35. The molecule has 0 aliphatic heterocycles. The highest BCUT2D eigenvalue weighted by atomic mass is 16.6. The summed E-state index contributed by atoms with van der Waals surface area (Å²) in [7, 11) is 0. The summed E-state index contributed by atoms with van der Waals surface area (Å²) in [6, 6.07) is 4.06. The number of rotatable bonds is 13. The van der Waals surface area contributed by atoms with Crippen LogP contribution in [0.3, 0.4) is 0 Å². The average molecular weight is 557 g/mol. The third-order valence-electron chi connectivity index (χ3n) is 6.20. The lowest BCUT2D eigenvalue weighted by atomic mass is 10.00. The molecule has 1 aromatic carbocycles. The van der Waals surface area contributed by atoms with E-state index in [0.717, 1.165) is 0 Å². The molecule has 4 N–H and O–H groups in total. The van der Waals surface area contributed by atoms with Gasteiger partial charge in [-0.3, -0.25) is 19.2 Å². The molecule has 1 aliphatic carbocycles. The van der Waals surface area contributed by atoms with Gasteiger partial charge in [0.25, 0.3) is 0 Å². The molecule has 2 rings (SSSR count). The van der Waals surface area contributed by atoms with E-state index in [1.807, 2.05) is 6.92 Å². The third-order valence-corrected chi connectivity index (χ3v) is 6.20. The Morgan fingerprint density at radius 1 is 1.15 bits per heavy atom. The molecule has 40 heavy (non-hydrogen) atoms. The van der Waals surface area contributed by atoms with Gasteiger partial charge in [-0.25, -0.2) is 4.79 Å². The van der Waals surface area contributed by atoms with Crippen molar-refractivity contribution in [2.24, 2.45) is 11.7 Å². The van der Waals surface area contributed by atoms with Gasteiger partial charge >= 0.3 is 12.1 Å². The maximum atomic E-state index is 14.1. The zero-order valence-electron chi connectivity index (χ0n) is 23.8. The molecule has 0 saturated heterocycles. The molecule has 0 heterocycles. The molecular formula is C29H40N4O7. The van der Waals surface area contributed by atoms with Crippen molar-refractivity contribution in [1.29, 1.82) is 0 Å². The molecule has 1 aromatic rings. The molecule has 11 heteroatoms. The number of nitrogens with two attached hydrogens (primary N) is 1. The second-order valence-electron chi connectivity index (χ2n) is 10.7. The van der Waals surface area contributed by atoms with Gasteiger partial charge in [0.05, 0.1) is 13.0 Å². The largest absolute Gasteiger partial charge is 0.466 e. The summed E-state index contributed by atoms with van der Waals surface area (Å²) in [4.78, 5) is 65.2. The first-order valence-corrected chi connectivity index (χ1v) is 13.4. The Morgan fingerprint density at radius 3 is 2.27 bits per heavy atom. The summed E-state index contributed by atoms with van der Waals surface area (Å²) in [6.45, 7) is 8.90. The molecule has 4 atom stereocenters. The van der Waals surface area contributed by atoms with Crippen LogP contribution in [-0.4, -0.2) is 65.5 Å². The standard InChI is InChI=1S/C29H40N4O7/c1-7-19-9-11-20(12-10-19)25(26(36)31-16-15-24(35)39-8-2)33(22-17-18(22)3)27(37)21(13-14-23(30)34)32-28(38)40-29(4,5)6/h1,9-12,18,21-22,25H,8,13-17H2,2-6H3,(H2,30,34)(H,31,36)(H,32,38). The summed E-state index contributed by atoms with van der Waals surface area (Å²) < 4.78 is 10.3. The molecule has 1 aliphatic rings. The summed E-state index contributed by atoms with van der Waals surface area (Å²) in [5.41, 5.74) is 5.60. The maximum absolute atomic E-state index is 14.1. The van der Waals surface area contributed by atoms with E-state index in [1.54, 1.807) is 52.0 Å². The SMILES string of the molecule is C#Cc1ccc(C(C(=O)NCCC(=O)OCC)N(C(=O)C(CCC(N)=O)NC(=O)OC(C)(C)C)C2CC2C)cc1. The van der Waals surface area contributed by atoms with Gasteiger partial charge in [-0.15, -0.1) is 6.42 Å². The van der Waals surface area contributed by atoms with Crippen molar-refractivity contribution in [2.75, 3.05) is 13.2 Å². The van der Waals surface area contributed by atoms with Crippen LogP contribution in [0.25, 0.3) is 0 Å². The van der Waals surface area contributed by atoms with E-state index in [-0.39, 0.29) is 44.4 Å². The Morgan fingerprint density at radius 2 is 1.77 bits per heavy atom. The van der Waals surface area contributed by atoms with Gasteiger partial charge in [0.15, 0.2) is 0 Å². The lowest BCUT2D eigenvalue weighted by Crippen LogP contribution is -2.54. The van der Waals surface area contributed by atoms with Gasteiger partial charge in [-0.2, -0.15) is 0 Å². The van der Waals surface area contributed by atoms with E-state index in [4.69, 9.17) is 21.6 Å². The highest BCUT2D eigenvalue weighted by molar-refractivity contribution is 5.93. The van der Waals surface area contributed by atoms with Gasteiger partial charge in [-0.05, 0) is 64.2 Å². The summed E-state index contributed by atoms with van der Waals surface area (Å²) in [6.07, 6.45) is 4.99. The number of carbonyl (C=O) groups excluding carboxylic acids is 5. The monoisotopic (exact) mass is 556 g/mol. The molecule has 218 valence electrons. The van der Waals surface area contributed by atoms with E-state index in [0.29, 0.717) is 17.5 Å². The van der Waals surface area contributed by atoms with Crippen LogP contribution < -0.4 is 16.4 Å². The van der Waals surface area contributed by atoms with Crippen LogP contribution in [0.4, 0.5) is 4.79 Å². The van der Waals surface area contributed by atoms with Crippen molar-refractivity contribution in [3.05, 3.63) is 35.4 Å². The van der Waals surface area contributed by atoms with Gasteiger partial charge in [0, 0.05) is 24.6 Å². The van der Waals surface area contributed by atoms with Crippen LogP contribution in [0.15, 0.2) is 24.3 Å². The minimum Gasteiger partial charge on any atom is -0.466 e. The molecule has 1 fully saturated rings. The molecule has 0 aromatic heterocycles. The van der Waals surface area contributed by atoms with Crippen LogP contribution in [-0.2, 0) is 28.7 Å². The molecule has 11 nitrogen and oxygen atoms in total. The minimum atomic E-state index is -1.19. The number of amides is 4. The zero-order valence-corrected chi connectivity index (χ0v) is 23.8. The topological polar surface area (TPSA) is 157 Å². The molecule has 1 saturated carbocycles. The van der Waals surface area contributed by atoms with Crippen LogP contribution >= 0.6 is 0 Å². The van der Waals surface area contributed by atoms with Crippen molar-refractivity contribution in [3.8, 4) is 12.3 Å². The summed E-state index contributed by atoms with van der Waals surface area (Å²) >= 11 is 0. The average Bonchev–Trinajstić information content (AvgIpc) is 3.59. The highest BCUT2D eigenvalue weighted by Crippen LogP contribution is 2.41. The number of benzene rings is 1. The number of ether oxygens (including phenoxy) is 2. The van der Waals surface area contributed by atoms with Crippen molar-refractivity contribution in [3.63, 3.8) is 0 Å². The normalized spacial score (nSPS) is 17.4. The Balaban J connectivity index is 2.45. The van der Waals surface area contributed by atoms with Crippen LogP contribution in [0.1, 0.15) is 77.5 Å².